The lowest BCUT2D eigenvalue weighted by Gasteiger charge is -2.22. The topological polar surface area (TPSA) is 53.4 Å². The van der Waals surface area contributed by atoms with Gasteiger partial charge in [0.2, 0.25) is 0 Å². The molecule has 1 atom stereocenters. The molecule has 2 aromatic rings. The number of carbonyl (C=O) groups is 1. The number of hydrogen-bond donors (Lipinski definition) is 1. The lowest BCUT2D eigenvalue weighted by Crippen LogP contribution is -2.34. The molecule has 0 radical (unpaired) electrons. The van der Waals surface area contributed by atoms with Crippen molar-refractivity contribution in [3.63, 3.8) is 0 Å². The maximum atomic E-state index is 13.0. The third-order valence-electron chi connectivity index (χ3n) is 5.53. The molecular formula is C21H29N5O. The molecule has 0 spiro atoms. The quantitative estimate of drug-likeness (QED) is 0.880. The molecule has 0 bridgehead atoms. The molecule has 1 saturated carbocycles. The first-order valence-electron chi connectivity index (χ1n) is 9.98. The Morgan fingerprint density at radius 1 is 1.15 bits per heavy atom. The highest BCUT2D eigenvalue weighted by atomic mass is 16.2. The maximum Gasteiger partial charge on any atom is 0.270 e. The summed E-state index contributed by atoms with van der Waals surface area (Å²) >= 11 is 0. The highest BCUT2D eigenvalue weighted by molar-refractivity contribution is 5.93. The first-order valence-corrected chi connectivity index (χ1v) is 9.98. The van der Waals surface area contributed by atoms with Crippen LogP contribution >= 0.6 is 0 Å². The van der Waals surface area contributed by atoms with Crippen LogP contribution in [0.3, 0.4) is 0 Å². The zero-order valence-corrected chi connectivity index (χ0v) is 16.3. The number of likely N-dealkylation sites (tertiary alicyclic amines) is 1. The van der Waals surface area contributed by atoms with E-state index in [9.17, 15) is 4.79 Å². The van der Waals surface area contributed by atoms with Crippen LogP contribution in [0.1, 0.15) is 48.6 Å². The molecule has 6 nitrogen and oxygen atoms in total. The van der Waals surface area contributed by atoms with Crippen molar-refractivity contribution < 1.29 is 4.79 Å². The third kappa shape index (κ3) is 4.10. The Hall–Kier alpha value is -2.50. The fourth-order valence-electron chi connectivity index (χ4n) is 3.82. The van der Waals surface area contributed by atoms with E-state index >= 15 is 0 Å². The second-order valence-electron chi connectivity index (χ2n) is 7.90. The average Bonchev–Trinajstić information content (AvgIpc) is 3.44. The van der Waals surface area contributed by atoms with Gasteiger partial charge in [0.1, 0.15) is 11.5 Å². The fourth-order valence-corrected chi connectivity index (χ4v) is 3.82. The predicted octanol–water partition coefficient (Wildman–Crippen LogP) is 3.39. The molecule has 2 aliphatic rings. The number of nitrogens with one attached hydrogen (secondary N) is 1. The van der Waals surface area contributed by atoms with Crippen molar-refractivity contribution in [2.24, 2.45) is 0 Å². The van der Waals surface area contributed by atoms with Crippen LogP contribution in [0.5, 0.6) is 0 Å². The van der Waals surface area contributed by atoms with Crippen LogP contribution in [-0.4, -0.2) is 53.6 Å². The van der Waals surface area contributed by atoms with Crippen molar-refractivity contribution in [2.45, 2.75) is 44.2 Å². The molecule has 1 saturated heterocycles. The summed E-state index contributed by atoms with van der Waals surface area (Å²) in [5, 5.41) is 3.60. The van der Waals surface area contributed by atoms with Gasteiger partial charge in [-0.2, -0.15) is 0 Å². The molecule has 27 heavy (non-hydrogen) atoms. The Morgan fingerprint density at radius 3 is 2.70 bits per heavy atom. The molecule has 1 aliphatic carbocycles. The standard InChI is InChI=1S/C21H29N5O/c1-24(2)20-10-7-17(15-22-20)23-16-5-3-12-25(14-11-16)21(27)19-6-4-13-26(19)18-8-9-18/h4,6-7,10,13,15-16,18,23H,3,5,8-9,11-12,14H2,1-2H3/t16-/m0/s1. The number of rotatable bonds is 5. The summed E-state index contributed by atoms with van der Waals surface area (Å²) in [5.74, 6) is 1.14. The molecule has 1 amide bonds. The van der Waals surface area contributed by atoms with Gasteiger partial charge in [-0.3, -0.25) is 4.79 Å². The van der Waals surface area contributed by atoms with Crippen LogP contribution in [0.4, 0.5) is 11.5 Å². The summed E-state index contributed by atoms with van der Waals surface area (Å²) in [5.41, 5.74) is 1.90. The van der Waals surface area contributed by atoms with E-state index < -0.39 is 0 Å². The molecular weight excluding hydrogens is 338 g/mol. The molecule has 0 aromatic carbocycles. The Bertz CT molecular complexity index is 778. The summed E-state index contributed by atoms with van der Waals surface area (Å²) < 4.78 is 2.17. The van der Waals surface area contributed by atoms with Gasteiger partial charge < -0.3 is 19.7 Å². The molecule has 1 N–H and O–H groups in total. The van der Waals surface area contributed by atoms with Crippen molar-refractivity contribution in [2.75, 3.05) is 37.4 Å². The number of pyridine rings is 1. The van der Waals surface area contributed by atoms with E-state index in [0.29, 0.717) is 12.1 Å². The van der Waals surface area contributed by atoms with Crippen molar-refractivity contribution >= 4 is 17.4 Å². The van der Waals surface area contributed by atoms with Crippen LogP contribution in [0.25, 0.3) is 0 Å². The minimum atomic E-state index is 0.185. The number of hydrogen-bond acceptors (Lipinski definition) is 4. The van der Waals surface area contributed by atoms with Gasteiger partial charge in [-0.25, -0.2) is 4.98 Å². The van der Waals surface area contributed by atoms with Crippen LogP contribution < -0.4 is 10.2 Å². The normalized spacial score (nSPS) is 20.2. The van der Waals surface area contributed by atoms with Gasteiger partial charge in [0.05, 0.1) is 11.9 Å². The summed E-state index contributed by atoms with van der Waals surface area (Å²) in [6.07, 6.45) is 9.40. The van der Waals surface area contributed by atoms with Crippen molar-refractivity contribution in [1.29, 1.82) is 0 Å². The van der Waals surface area contributed by atoms with Gasteiger partial charge in [-0.1, -0.05) is 0 Å². The Labute approximate surface area is 161 Å². The molecule has 1 aliphatic heterocycles. The first kappa shape index (κ1) is 17.9. The lowest BCUT2D eigenvalue weighted by atomic mass is 10.1. The van der Waals surface area contributed by atoms with E-state index in [4.69, 9.17) is 0 Å². The highest BCUT2D eigenvalue weighted by Crippen LogP contribution is 2.36. The number of anilines is 2. The minimum absolute atomic E-state index is 0.185. The van der Waals surface area contributed by atoms with E-state index in [2.05, 4.69) is 27.1 Å². The number of aromatic nitrogens is 2. The van der Waals surface area contributed by atoms with Crippen LogP contribution in [0.15, 0.2) is 36.7 Å². The largest absolute Gasteiger partial charge is 0.381 e. The Morgan fingerprint density at radius 2 is 2.00 bits per heavy atom. The molecule has 4 rings (SSSR count). The van der Waals surface area contributed by atoms with E-state index in [1.807, 2.05) is 48.3 Å². The molecule has 2 fully saturated rings. The SMILES string of the molecule is CN(C)c1ccc(N[C@H]2CCCN(C(=O)c3cccn3C3CC3)CC2)cn1. The monoisotopic (exact) mass is 367 g/mol. The Kier molecular flexibility index (Phi) is 5.05. The highest BCUT2D eigenvalue weighted by Gasteiger charge is 2.29. The lowest BCUT2D eigenvalue weighted by molar-refractivity contribution is 0.0750. The summed E-state index contributed by atoms with van der Waals surface area (Å²) in [6.45, 7) is 1.64. The molecule has 2 aromatic heterocycles. The minimum Gasteiger partial charge on any atom is -0.381 e. The molecule has 144 valence electrons. The summed E-state index contributed by atoms with van der Waals surface area (Å²) in [6, 6.07) is 9.00. The predicted molar refractivity (Wildman–Crippen MR) is 108 cm³/mol. The van der Waals surface area contributed by atoms with Crippen LogP contribution in [0, 0.1) is 0 Å². The van der Waals surface area contributed by atoms with Gasteiger partial charge in [0, 0.05) is 45.5 Å². The van der Waals surface area contributed by atoms with Gasteiger partial charge in [-0.05, 0) is 56.4 Å². The summed E-state index contributed by atoms with van der Waals surface area (Å²) in [7, 11) is 3.98. The van der Waals surface area contributed by atoms with Crippen LogP contribution in [0.2, 0.25) is 0 Å². The number of nitrogens with zero attached hydrogens (tertiary/aromatic N) is 4. The zero-order valence-electron chi connectivity index (χ0n) is 16.3. The van der Waals surface area contributed by atoms with Gasteiger partial charge >= 0.3 is 0 Å². The molecule has 0 unspecified atom stereocenters. The van der Waals surface area contributed by atoms with Crippen molar-refractivity contribution in [3.8, 4) is 0 Å². The van der Waals surface area contributed by atoms with E-state index in [1.54, 1.807) is 0 Å². The summed E-state index contributed by atoms with van der Waals surface area (Å²) in [4.78, 5) is 21.5. The first-order chi connectivity index (χ1) is 13.1. The molecule has 6 heteroatoms. The van der Waals surface area contributed by atoms with Gasteiger partial charge in [0.15, 0.2) is 0 Å². The van der Waals surface area contributed by atoms with Gasteiger partial charge in [0.25, 0.3) is 5.91 Å². The number of amides is 1. The van der Waals surface area contributed by atoms with Crippen molar-refractivity contribution in [1.82, 2.24) is 14.5 Å². The van der Waals surface area contributed by atoms with Gasteiger partial charge in [-0.15, -0.1) is 0 Å². The smallest absolute Gasteiger partial charge is 0.270 e. The average molecular weight is 367 g/mol. The van der Waals surface area contributed by atoms with E-state index in [-0.39, 0.29) is 5.91 Å². The van der Waals surface area contributed by atoms with Crippen LogP contribution in [-0.2, 0) is 0 Å². The second-order valence-corrected chi connectivity index (χ2v) is 7.90. The zero-order chi connectivity index (χ0) is 18.8. The van der Waals surface area contributed by atoms with E-state index in [0.717, 1.165) is 49.6 Å². The van der Waals surface area contributed by atoms with E-state index in [1.165, 1.54) is 12.8 Å². The number of carbonyl (C=O) groups excluding carboxylic acids is 1. The second kappa shape index (κ2) is 7.62. The maximum absolute atomic E-state index is 13.0. The van der Waals surface area contributed by atoms with Crippen molar-refractivity contribution in [3.05, 3.63) is 42.4 Å². The fraction of sp³-hybridized carbons (Fsp3) is 0.524. The third-order valence-corrected chi connectivity index (χ3v) is 5.53. The Balaban J connectivity index is 1.36. The molecule has 3 heterocycles.